The minimum Gasteiger partial charge on any atom is -0.399 e. The summed E-state index contributed by atoms with van der Waals surface area (Å²) in [6, 6.07) is 7.43. The average Bonchev–Trinajstić information content (AvgIpc) is 2.20. The van der Waals surface area contributed by atoms with E-state index in [0.29, 0.717) is 5.11 Å². The minimum atomic E-state index is 0.571. The third kappa shape index (κ3) is 3.95. The molecule has 80 valence electrons. The first-order chi connectivity index (χ1) is 7.09. The number of hydrazone groups is 1. The lowest BCUT2D eigenvalue weighted by molar-refractivity contribution is 0.606. The molecule has 0 atom stereocenters. The van der Waals surface area contributed by atoms with Crippen LogP contribution in [0.4, 0.5) is 5.69 Å². The Bertz CT molecular complexity index is 356. The van der Waals surface area contributed by atoms with Gasteiger partial charge < -0.3 is 10.6 Å². The Morgan fingerprint density at radius 2 is 2.00 bits per heavy atom. The molecule has 15 heavy (non-hydrogen) atoms. The molecule has 0 bridgehead atoms. The van der Waals surface area contributed by atoms with Crippen molar-refractivity contribution in [1.82, 2.24) is 10.3 Å². The molecule has 0 aliphatic carbocycles. The highest BCUT2D eigenvalue weighted by molar-refractivity contribution is 7.80. The molecule has 0 aliphatic rings. The van der Waals surface area contributed by atoms with Crippen molar-refractivity contribution in [3.63, 3.8) is 0 Å². The number of anilines is 1. The van der Waals surface area contributed by atoms with Crippen LogP contribution in [0.3, 0.4) is 0 Å². The zero-order valence-electron chi connectivity index (χ0n) is 8.77. The van der Waals surface area contributed by atoms with Gasteiger partial charge in [0.05, 0.1) is 6.21 Å². The van der Waals surface area contributed by atoms with Gasteiger partial charge in [0.1, 0.15) is 0 Å². The van der Waals surface area contributed by atoms with Crippen LogP contribution in [0.1, 0.15) is 5.56 Å². The molecule has 0 saturated carbocycles. The van der Waals surface area contributed by atoms with Crippen molar-refractivity contribution in [1.29, 1.82) is 0 Å². The normalized spacial score (nSPS) is 10.3. The summed E-state index contributed by atoms with van der Waals surface area (Å²) in [5.41, 5.74) is 10.0. The fourth-order valence-electron chi connectivity index (χ4n) is 0.844. The molecule has 0 heterocycles. The van der Waals surface area contributed by atoms with Crippen LogP contribution in [0.2, 0.25) is 0 Å². The molecule has 1 aromatic carbocycles. The molecule has 0 radical (unpaired) electrons. The largest absolute Gasteiger partial charge is 0.399 e. The summed E-state index contributed by atoms with van der Waals surface area (Å²) in [4.78, 5) is 1.77. The number of nitrogens with one attached hydrogen (secondary N) is 1. The van der Waals surface area contributed by atoms with Crippen LogP contribution in [0.15, 0.2) is 29.4 Å². The van der Waals surface area contributed by atoms with Crippen LogP contribution < -0.4 is 11.2 Å². The van der Waals surface area contributed by atoms with Gasteiger partial charge in [-0.25, -0.2) is 0 Å². The topological polar surface area (TPSA) is 53.6 Å². The van der Waals surface area contributed by atoms with Gasteiger partial charge >= 0.3 is 0 Å². The predicted octanol–water partition coefficient (Wildman–Crippen LogP) is 1.04. The Hall–Kier alpha value is -1.62. The molecular weight excluding hydrogens is 208 g/mol. The van der Waals surface area contributed by atoms with Gasteiger partial charge in [-0.05, 0) is 29.9 Å². The third-order valence-corrected chi connectivity index (χ3v) is 2.17. The second kappa shape index (κ2) is 5.31. The van der Waals surface area contributed by atoms with E-state index in [-0.39, 0.29) is 0 Å². The molecular formula is C10H14N4S. The highest BCUT2D eigenvalue weighted by Gasteiger charge is 1.93. The van der Waals surface area contributed by atoms with Crippen molar-refractivity contribution < 1.29 is 0 Å². The number of nitrogens with zero attached hydrogens (tertiary/aromatic N) is 2. The summed E-state index contributed by atoms with van der Waals surface area (Å²) in [7, 11) is 3.71. The van der Waals surface area contributed by atoms with E-state index in [1.165, 1.54) is 0 Å². The van der Waals surface area contributed by atoms with Gasteiger partial charge in [-0.3, -0.25) is 5.43 Å². The van der Waals surface area contributed by atoms with Crippen LogP contribution in [0.5, 0.6) is 0 Å². The van der Waals surface area contributed by atoms with Crippen molar-refractivity contribution in [2.75, 3.05) is 19.8 Å². The van der Waals surface area contributed by atoms with E-state index in [1.54, 1.807) is 11.1 Å². The predicted molar refractivity (Wildman–Crippen MR) is 67.9 cm³/mol. The second-order valence-electron chi connectivity index (χ2n) is 3.24. The molecule has 0 spiro atoms. The molecule has 5 heteroatoms. The highest BCUT2D eigenvalue weighted by Crippen LogP contribution is 2.02. The number of rotatable bonds is 2. The van der Waals surface area contributed by atoms with E-state index in [1.807, 2.05) is 38.4 Å². The van der Waals surface area contributed by atoms with Crippen molar-refractivity contribution in [3.8, 4) is 0 Å². The number of nitrogens with two attached hydrogens (primary N) is 1. The standard InChI is InChI=1S/C10H14N4S/c1-14(2)10(15)13-12-7-8-3-5-9(11)6-4-8/h3-7H,11H2,1-2H3,(H,13,15). The Morgan fingerprint density at radius 1 is 1.40 bits per heavy atom. The zero-order chi connectivity index (χ0) is 11.3. The smallest absolute Gasteiger partial charge is 0.189 e. The maximum Gasteiger partial charge on any atom is 0.189 e. The molecule has 1 aromatic rings. The van der Waals surface area contributed by atoms with E-state index < -0.39 is 0 Å². The molecule has 0 unspecified atom stereocenters. The fraction of sp³-hybridized carbons (Fsp3) is 0.200. The Balaban J connectivity index is 2.51. The molecule has 0 aromatic heterocycles. The van der Waals surface area contributed by atoms with E-state index in [2.05, 4.69) is 10.5 Å². The summed E-state index contributed by atoms with van der Waals surface area (Å²) >= 11 is 5.00. The van der Waals surface area contributed by atoms with Crippen molar-refractivity contribution in [2.24, 2.45) is 5.10 Å². The molecule has 0 aliphatic heterocycles. The maximum absolute atomic E-state index is 5.56. The first-order valence-corrected chi connectivity index (χ1v) is 4.86. The maximum atomic E-state index is 5.56. The number of thiocarbonyl (C=S) groups is 1. The average molecular weight is 222 g/mol. The molecule has 0 saturated heterocycles. The quantitative estimate of drug-likeness (QED) is 0.340. The number of hydrogen-bond acceptors (Lipinski definition) is 3. The monoisotopic (exact) mass is 222 g/mol. The molecule has 1 rings (SSSR count). The van der Waals surface area contributed by atoms with Gasteiger partial charge in [-0.2, -0.15) is 5.10 Å². The highest BCUT2D eigenvalue weighted by atomic mass is 32.1. The summed E-state index contributed by atoms with van der Waals surface area (Å²) in [5.74, 6) is 0. The minimum absolute atomic E-state index is 0.571. The summed E-state index contributed by atoms with van der Waals surface area (Å²) in [6.45, 7) is 0. The lowest BCUT2D eigenvalue weighted by atomic mass is 10.2. The summed E-state index contributed by atoms with van der Waals surface area (Å²) in [5, 5.41) is 4.56. The summed E-state index contributed by atoms with van der Waals surface area (Å²) < 4.78 is 0. The van der Waals surface area contributed by atoms with Crippen molar-refractivity contribution >= 4 is 29.2 Å². The molecule has 3 N–H and O–H groups in total. The Kier molecular flexibility index (Phi) is 4.05. The number of nitrogen functional groups attached to an aromatic ring is 1. The fourth-order valence-corrected chi connectivity index (χ4v) is 0.897. The van der Waals surface area contributed by atoms with Gasteiger partial charge in [0.2, 0.25) is 0 Å². The van der Waals surface area contributed by atoms with Crippen LogP contribution in [-0.2, 0) is 0 Å². The van der Waals surface area contributed by atoms with Crippen LogP contribution >= 0.6 is 12.2 Å². The van der Waals surface area contributed by atoms with Crippen LogP contribution in [0.25, 0.3) is 0 Å². The van der Waals surface area contributed by atoms with Gasteiger partial charge in [-0.15, -0.1) is 0 Å². The number of benzene rings is 1. The first-order valence-electron chi connectivity index (χ1n) is 4.45. The lowest BCUT2D eigenvalue weighted by Crippen LogP contribution is -2.30. The Morgan fingerprint density at radius 3 is 2.53 bits per heavy atom. The van der Waals surface area contributed by atoms with E-state index in [0.717, 1.165) is 11.3 Å². The number of hydrogen-bond donors (Lipinski definition) is 2. The molecule has 4 nitrogen and oxygen atoms in total. The van der Waals surface area contributed by atoms with E-state index >= 15 is 0 Å². The van der Waals surface area contributed by atoms with E-state index in [9.17, 15) is 0 Å². The van der Waals surface area contributed by atoms with Crippen molar-refractivity contribution in [3.05, 3.63) is 29.8 Å². The molecule has 0 amide bonds. The summed E-state index contributed by atoms with van der Waals surface area (Å²) in [6.07, 6.45) is 1.69. The van der Waals surface area contributed by atoms with Crippen LogP contribution in [-0.4, -0.2) is 30.3 Å². The van der Waals surface area contributed by atoms with E-state index in [4.69, 9.17) is 18.0 Å². The van der Waals surface area contributed by atoms with Gasteiger partial charge in [0.25, 0.3) is 0 Å². The lowest BCUT2D eigenvalue weighted by Gasteiger charge is -2.11. The first kappa shape index (κ1) is 11.5. The van der Waals surface area contributed by atoms with Crippen LogP contribution in [0, 0.1) is 0 Å². The third-order valence-electron chi connectivity index (χ3n) is 1.72. The van der Waals surface area contributed by atoms with Crippen molar-refractivity contribution in [2.45, 2.75) is 0 Å². The van der Waals surface area contributed by atoms with Gasteiger partial charge in [0, 0.05) is 19.8 Å². The van der Waals surface area contributed by atoms with Gasteiger partial charge in [0.15, 0.2) is 5.11 Å². The SMILES string of the molecule is CN(C)C(=S)NN=Cc1ccc(N)cc1. The molecule has 0 fully saturated rings. The van der Waals surface area contributed by atoms with Gasteiger partial charge in [-0.1, -0.05) is 12.1 Å². The zero-order valence-corrected chi connectivity index (χ0v) is 9.58. The Labute approximate surface area is 94.8 Å². The second-order valence-corrected chi connectivity index (χ2v) is 3.62.